The molecule has 3 N–H and O–H groups in total. The number of aliphatic carboxylic acids is 1. The van der Waals surface area contributed by atoms with Gasteiger partial charge in [-0.25, -0.2) is 0 Å². The zero-order chi connectivity index (χ0) is 29.4. The number of hydrogen-bond donors (Lipinski definition) is 3. The first-order valence-corrected chi connectivity index (χ1v) is 20.5. The van der Waals surface area contributed by atoms with E-state index in [1.165, 1.54) is 0 Å². The number of amides is 2. The van der Waals surface area contributed by atoms with Gasteiger partial charge in [0.2, 0.25) is 0 Å². The number of nitrogens with one attached hydrogen (secondary N) is 2. The first-order valence-electron chi connectivity index (χ1n) is 13.6. The minimum atomic E-state index is -1.52. The Balaban J connectivity index is 1.43. The van der Waals surface area contributed by atoms with Crippen LogP contribution in [-0.4, -0.2) is 67.8 Å². The summed E-state index contributed by atoms with van der Waals surface area (Å²) in [6.45, 7) is 0.0830. The van der Waals surface area contributed by atoms with E-state index in [9.17, 15) is 24.3 Å². The van der Waals surface area contributed by atoms with Crippen molar-refractivity contribution in [2.75, 3.05) is 6.61 Å². The Morgan fingerprint density at radius 1 is 0.829 bits per heavy atom. The van der Waals surface area contributed by atoms with Crippen molar-refractivity contribution in [3.8, 4) is 11.1 Å². The number of carbonyl (C=O) groups is 4. The molecule has 2 atom stereocenters. The number of rotatable bonds is 13. The second-order valence-corrected chi connectivity index (χ2v) is 17.5. The van der Waals surface area contributed by atoms with Crippen LogP contribution in [0.5, 0.6) is 0 Å². The van der Waals surface area contributed by atoms with Crippen LogP contribution < -0.4 is 10.6 Å². The summed E-state index contributed by atoms with van der Waals surface area (Å²) in [6, 6.07) is 22.8. The standard InChI is InChI=1S/C30H29N2O6.2CH3.Sb/c1-19(33)15-16-26(29(35)36)31-28(34)27(17-20-9-3-2-4-10-20)32-30(37)38-18-25-23-13-7-5-11-21(23)22-12-6-8-14-24(22)25;;;/h2-14,25-27H,1,15-18H2,(H,31,34)(H,32,37)(H,35,36);2*1H3;. The van der Waals surface area contributed by atoms with E-state index >= 15 is 0 Å². The number of alkyl carbamates (subject to hydrolysis) is 1. The van der Waals surface area contributed by atoms with Gasteiger partial charge in [0.05, 0.1) is 0 Å². The van der Waals surface area contributed by atoms with Crippen molar-refractivity contribution in [3.63, 3.8) is 0 Å². The molecule has 2 amide bonds. The quantitative estimate of drug-likeness (QED) is 0.226. The van der Waals surface area contributed by atoms with Gasteiger partial charge in [-0.05, 0) is 22.3 Å². The van der Waals surface area contributed by atoms with Gasteiger partial charge in [0.25, 0.3) is 0 Å². The summed E-state index contributed by atoms with van der Waals surface area (Å²) >= 11 is -1.52. The van der Waals surface area contributed by atoms with E-state index in [-0.39, 0.29) is 37.6 Å². The Morgan fingerprint density at radius 2 is 1.41 bits per heavy atom. The molecule has 0 heterocycles. The summed E-state index contributed by atoms with van der Waals surface area (Å²) in [7, 11) is 0. The molecule has 9 heteroatoms. The number of Topliss-reactive ketones (excluding diaryl/α,β-unsaturated/α-hetero) is 1. The van der Waals surface area contributed by atoms with E-state index in [4.69, 9.17) is 4.74 Å². The molecule has 3 aromatic rings. The summed E-state index contributed by atoms with van der Waals surface area (Å²) in [5.41, 5.74) is 5.14. The van der Waals surface area contributed by atoms with Crippen molar-refractivity contribution in [2.45, 2.75) is 51.4 Å². The van der Waals surface area contributed by atoms with Crippen molar-refractivity contribution in [1.82, 2.24) is 10.6 Å². The molecule has 0 saturated heterocycles. The molecule has 1 aliphatic carbocycles. The molecule has 2 unspecified atom stereocenters. The van der Waals surface area contributed by atoms with Crippen LogP contribution >= 0.6 is 0 Å². The van der Waals surface area contributed by atoms with Crippen LogP contribution in [0, 0.1) is 0 Å². The van der Waals surface area contributed by atoms with Gasteiger partial charge in [0.1, 0.15) is 0 Å². The molecule has 0 aromatic heterocycles. The number of carbonyl (C=O) groups excluding carboxylic acids is 3. The molecule has 0 saturated carbocycles. The van der Waals surface area contributed by atoms with Crippen LogP contribution in [0.4, 0.5) is 4.79 Å². The normalized spacial score (nSPS) is 13.5. The number of fused-ring (bicyclic) bond motifs is 3. The first kappa shape index (κ1) is 30.3. The van der Waals surface area contributed by atoms with E-state index < -0.39 is 50.3 Å². The fourth-order valence-electron chi connectivity index (χ4n) is 5.11. The number of benzene rings is 3. The van der Waals surface area contributed by atoms with Crippen molar-refractivity contribution in [1.29, 1.82) is 0 Å². The third kappa shape index (κ3) is 8.20. The van der Waals surface area contributed by atoms with Gasteiger partial charge in [-0.1, -0.05) is 54.6 Å². The Hall–Kier alpha value is -3.64. The summed E-state index contributed by atoms with van der Waals surface area (Å²) in [5, 5.41) is 14.9. The van der Waals surface area contributed by atoms with Gasteiger partial charge in [0, 0.05) is 5.92 Å². The summed E-state index contributed by atoms with van der Waals surface area (Å²) in [6.07, 6.45) is -0.545. The summed E-state index contributed by atoms with van der Waals surface area (Å²) in [4.78, 5) is 54.6. The number of ether oxygens (including phenoxy) is 1. The van der Waals surface area contributed by atoms with Gasteiger partial charge in [-0.2, -0.15) is 0 Å². The third-order valence-electron chi connectivity index (χ3n) is 7.05. The topological polar surface area (TPSA) is 122 Å². The second kappa shape index (κ2) is 14.3. The second-order valence-electron chi connectivity index (χ2n) is 10.4. The third-order valence-corrected chi connectivity index (χ3v) is 9.87. The molecule has 8 nitrogen and oxygen atoms in total. The van der Waals surface area contributed by atoms with Crippen LogP contribution in [0.1, 0.15) is 35.4 Å². The fraction of sp³-hybridized carbons (Fsp3) is 0.312. The Bertz CT molecular complexity index is 1350. The molecule has 0 radical (unpaired) electrons. The molecule has 3 aromatic carbocycles. The van der Waals surface area contributed by atoms with Crippen LogP contribution in [0.25, 0.3) is 11.1 Å². The summed E-state index contributed by atoms with van der Waals surface area (Å²) < 4.78 is 6.17. The first-order chi connectivity index (χ1) is 19.7. The maximum atomic E-state index is 13.3. The predicted molar refractivity (Wildman–Crippen MR) is 158 cm³/mol. The number of hydrogen-bond acceptors (Lipinski definition) is 5. The summed E-state index contributed by atoms with van der Waals surface area (Å²) in [5.74, 6) is -1.99. The molecule has 4 rings (SSSR count). The molecular formula is C32H35N2O6Sb. The fourth-order valence-corrected chi connectivity index (χ4v) is 7.57. The zero-order valence-corrected chi connectivity index (χ0v) is 25.8. The maximum absolute atomic E-state index is 13.3. The van der Waals surface area contributed by atoms with E-state index in [1.807, 2.05) is 78.9 Å². The monoisotopic (exact) mass is 664 g/mol. The van der Waals surface area contributed by atoms with Crippen LogP contribution in [0.2, 0.25) is 14.1 Å². The van der Waals surface area contributed by atoms with Gasteiger partial charge >= 0.3 is 166 Å². The van der Waals surface area contributed by atoms with E-state index in [2.05, 4.69) is 20.4 Å². The number of carboxylic acid groups (broad SMARTS) is 1. The van der Waals surface area contributed by atoms with Crippen molar-refractivity contribution < 1.29 is 29.0 Å². The van der Waals surface area contributed by atoms with Gasteiger partial charge < -0.3 is 0 Å². The number of carboxylic acids is 1. The van der Waals surface area contributed by atoms with E-state index in [0.717, 1.165) is 27.8 Å². The molecule has 41 heavy (non-hydrogen) atoms. The molecule has 0 spiro atoms. The predicted octanol–water partition coefficient (Wildman–Crippen LogP) is 4.81. The SMILES string of the molecule is [CH3][Sb]([CH3])[CH2]C(=O)CCC(NC(=O)C(Cc1ccccc1)NC(=O)OCC1c2ccccc2-c2ccccc21)C(=O)O. The molecule has 1 aliphatic rings. The van der Waals surface area contributed by atoms with Crippen molar-refractivity contribution in [3.05, 3.63) is 95.6 Å². The molecule has 0 fully saturated rings. The zero-order valence-electron chi connectivity index (χ0n) is 23.2. The molecule has 214 valence electrons. The Morgan fingerprint density at radius 3 is 2.00 bits per heavy atom. The average Bonchev–Trinajstić information content (AvgIpc) is 3.27. The average molecular weight is 665 g/mol. The van der Waals surface area contributed by atoms with E-state index in [1.54, 1.807) is 0 Å². The van der Waals surface area contributed by atoms with Crippen LogP contribution in [0.15, 0.2) is 78.9 Å². The van der Waals surface area contributed by atoms with Gasteiger partial charge in [0.15, 0.2) is 0 Å². The van der Waals surface area contributed by atoms with Crippen LogP contribution in [0.3, 0.4) is 0 Å². The minimum absolute atomic E-state index is 0.00278. The van der Waals surface area contributed by atoms with Gasteiger partial charge in [-0.3, -0.25) is 0 Å². The van der Waals surface area contributed by atoms with E-state index in [0.29, 0.717) is 4.37 Å². The number of ketones is 1. The Kier molecular flexibility index (Phi) is 10.6. The molecule has 0 aliphatic heterocycles. The van der Waals surface area contributed by atoms with Crippen molar-refractivity contribution in [2.24, 2.45) is 0 Å². The molecule has 0 bridgehead atoms. The van der Waals surface area contributed by atoms with Crippen LogP contribution in [-0.2, 0) is 25.5 Å². The Labute approximate surface area is 247 Å². The van der Waals surface area contributed by atoms with Crippen molar-refractivity contribution >= 4 is 44.0 Å². The van der Waals surface area contributed by atoms with Gasteiger partial charge in [-0.15, -0.1) is 0 Å². The molecular weight excluding hydrogens is 630 g/mol.